The van der Waals surface area contributed by atoms with Crippen molar-refractivity contribution < 1.29 is 18.3 Å². The molecule has 0 bridgehead atoms. The summed E-state index contributed by atoms with van der Waals surface area (Å²) < 4.78 is 31.0. The van der Waals surface area contributed by atoms with E-state index in [0.717, 1.165) is 0 Å². The minimum Gasteiger partial charge on any atom is -0.435 e. The average molecular weight is 358 g/mol. The summed E-state index contributed by atoms with van der Waals surface area (Å²) in [5.74, 6) is -0.628. The van der Waals surface area contributed by atoms with E-state index in [4.69, 9.17) is 5.73 Å². The number of hydrogen-bond acceptors (Lipinski definition) is 5. The van der Waals surface area contributed by atoms with Gasteiger partial charge in [-0.15, -0.1) is 0 Å². The third kappa shape index (κ3) is 2.51. The van der Waals surface area contributed by atoms with E-state index in [1.807, 2.05) is 0 Å². The number of carbonyl (C=O) groups is 1. The fourth-order valence-corrected chi connectivity index (χ4v) is 2.80. The first-order valence-electron chi connectivity index (χ1n) is 7.50. The number of nitrogens with one attached hydrogen (secondary N) is 1. The summed E-state index contributed by atoms with van der Waals surface area (Å²) in [6.45, 7) is -2.93. The number of amides is 1. The van der Waals surface area contributed by atoms with Crippen molar-refractivity contribution in [2.75, 3.05) is 0 Å². The maximum Gasteiger partial charge on any atom is 0.387 e. The maximum atomic E-state index is 12.5. The molecular formula is C16H12F2N6O2. The second kappa shape index (κ2) is 5.76. The van der Waals surface area contributed by atoms with Gasteiger partial charge >= 0.3 is 6.61 Å². The van der Waals surface area contributed by atoms with Crippen molar-refractivity contribution in [3.05, 3.63) is 36.2 Å². The number of alkyl halides is 2. The predicted octanol–water partition coefficient (Wildman–Crippen LogP) is 2.21. The lowest BCUT2D eigenvalue weighted by Gasteiger charge is -2.04. The molecule has 1 aromatic carbocycles. The van der Waals surface area contributed by atoms with Crippen LogP contribution in [0.15, 0.2) is 30.6 Å². The predicted molar refractivity (Wildman–Crippen MR) is 88.7 cm³/mol. The zero-order valence-corrected chi connectivity index (χ0v) is 13.4. The monoisotopic (exact) mass is 358 g/mol. The molecule has 0 unspecified atom stereocenters. The summed E-state index contributed by atoms with van der Waals surface area (Å²) in [6.07, 6.45) is 2.91. The Balaban J connectivity index is 1.91. The molecule has 0 saturated heterocycles. The van der Waals surface area contributed by atoms with Crippen LogP contribution in [-0.2, 0) is 7.05 Å². The molecule has 0 aliphatic carbocycles. The Morgan fingerprint density at radius 2 is 2.19 bits per heavy atom. The van der Waals surface area contributed by atoms with Gasteiger partial charge in [-0.1, -0.05) is 0 Å². The lowest BCUT2D eigenvalue weighted by Crippen LogP contribution is -2.10. The zero-order chi connectivity index (χ0) is 18.4. The molecule has 1 amide bonds. The van der Waals surface area contributed by atoms with Gasteiger partial charge in [0, 0.05) is 18.6 Å². The Morgan fingerprint density at radius 3 is 2.92 bits per heavy atom. The van der Waals surface area contributed by atoms with Crippen molar-refractivity contribution in [2.24, 2.45) is 12.8 Å². The van der Waals surface area contributed by atoms with Gasteiger partial charge in [-0.2, -0.15) is 13.9 Å². The van der Waals surface area contributed by atoms with Gasteiger partial charge in [0.25, 0.3) is 5.91 Å². The highest BCUT2D eigenvalue weighted by Crippen LogP contribution is 2.30. The van der Waals surface area contributed by atoms with E-state index in [2.05, 4.69) is 24.8 Å². The number of aromatic nitrogens is 5. The minimum absolute atomic E-state index is 0.00950. The van der Waals surface area contributed by atoms with Crippen LogP contribution in [0.25, 0.3) is 33.5 Å². The largest absolute Gasteiger partial charge is 0.435 e. The Labute approximate surface area is 144 Å². The third-order valence-corrected chi connectivity index (χ3v) is 3.94. The van der Waals surface area contributed by atoms with E-state index in [9.17, 15) is 13.6 Å². The molecule has 8 nitrogen and oxygen atoms in total. The van der Waals surface area contributed by atoms with Gasteiger partial charge in [-0.25, -0.2) is 9.97 Å². The van der Waals surface area contributed by atoms with Crippen molar-refractivity contribution in [3.63, 3.8) is 0 Å². The van der Waals surface area contributed by atoms with Crippen LogP contribution in [0.4, 0.5) is 8.78 Å². The van der Waals surface area contributed by atoms with Crippen LogP contribution in [0.5, 0.6) is 5.75 Å². The molecule has 0 fully saturated rings. The smallest absolute Gasteiger partial charge is 0.387 e. The fraction of sp³-hybridized carbons (Fsp3) is 0.125. The summed E-state index contributed by atoms with van der Waals surface area (Å²) in [5.41, 5.74) is 7.77. The standard InChI is InChI=1S/C16H12F2N6O2/c1-24-11-3-2-7(26-16(17)18)4-8(11)12(23-24)10-6-21-15-13(22-10)9(5-20-15)14(19)25/h2-6,16H,1H3,(H2,19,25)(H,20,21). The number of carbonyl (C=O) groups excluding carboxylic acids is 1. The highest BCUT2D eigenvalue weighted by Gasteiger charge is 2.17. The molecule has 3 heterocycles. The summed E-state index contributed by atoms with van der Waals surface area (Å²) >= 11 is 0. The number of halogens is 2. The summed E-state index contributed by atoms with van der Waals surface area (Å²) in [7, 11) is 1.72. The van der Waals surface area contributed by atoms with Gasteiger partial charge in [-0.3, -0.25) is 9.48 Å². The summed E-state index contributed by atoms with van der Waals surface area (Å²) in [4.78, 5) is 23.0. The average Bonchev–Trinajstić information content (AvgIpc) is 3.15. The Kier molecular flexibility index (Phi) is 3.53. The number of hydrogen-bond donors (Lipinski definition) is 2. The highest BCUT2D eigenvalue weighted by molar-refractivity contribution is 6.04. The Morgan fingerprint density at radius 1 is 1.38 bits per heavy atom. The molecule has 132 valence electrons. The molecular weight excluding hydrogens is 346 g/mol. The number of H-pyrrole nitrogens is 1. The zero-order valence-electron chi connectivity index (χ0n) is 13.4. The first kappa shape index (κ1) is 15.9. The Bertz CT molecular complexity index is 1150. The molecule has 4 aromatic rings. The number of aromatic amines is 1. The van der Waals surface area contributed by atoms with E-state index >= 15 is 0 Å². The SMILES string of the molecule is Cn1nc(-c2cnc3[nH]cc(C(N)=O)c3n2)c2cc(OC(F)F)ccc21. The third-order valence-electron chi connectivity index (χ3n) is 3.94. The molecule has 0 radical (unpaired) electrons. The van der Waals surface area contributed by atoms with Crippen LogP contribution >= 0.6 is 0 Å². The molecule has 0 aliphatic heterocycles. The van der Waals surface area contributed by atoms with Crippen molar-refractivity contribution in [1.82, 2.24) is 24.7 Å². The molecule has 3 N–H and O–H groups in total. The molecule has 0 aliphatic rings. The van der Waals surface area contributed by atoms with Gasteiger partial charge in [0.05, 0.1) is 17.3 Å². The number of nitrogens with two attached hydrogens (primary N) is 1. The second-order valence-corrected chi connectivity index (χ2v) is 5.55. The number of nitrogens with zero attached hydrogens (tertiary/aromatic N) is 4. The van der Waals surface area contributed by atoms with Crippen molar-refractivity contribution in [1.29, 1.82) is 0 Å². The number of ether oxygens (including phenoxy) is 1. The van der Waals surface area contributed by atoms with Crippen molar-refractivity contribution in [3.8, 4) is 17.1 Å². The molecule has 0 saturated carbocycles. The van der Waals surface area contributed by atoms with Gasteiger partial charge in [0.1, 0.15) is 22.7 Å². The van der Waals surface area contributed by atoms with Crippen LogP contribution in [0.1, 0.15) is 10.4 Å². The number of aryl methyl sites for hydroxylation is 1. The summed E-state index contributed by atoms with van der Waals surface area (Å²) in [6, 6.07) is 4.52. The quantitative estimate of drug-likeness (QED) is 0.581. The van der Waals surface area contributed by atoms with Crippen molar-refractivity contribution in [2.45, 2.75) is 6.61 Å². The molecule has 26 heavy (non-hydrogen) atoms. The molecule has 4 rings (SSSR count). The van der Waals surface area contributed by atoms with Crippen LogP contribution < -0.4 is 10.5 Å². The van der Waals surface area contributed by atoms with E-state index in [-0.39, 0.29) is 11.3 Å². The lowest BCUT2D eigenvalue weighted by atomic mass is 10.1. The first-order valence-corrected chi connectivity index (χ1v) is 7.50. The first-order chi connectivity index (χ1) is 12.4. The fourth-order valence-electron chi connectivity index (χ4n) is 2.80. The maximum absolute atomic E-state index is 12.5. The van der Waals surface area contributed by atoms with E-state index in [1.165, 1.54) is 24.5 Å². The van der Waals surface area contributed by atoms with E-state index in [1.54, 1.807) is 17.8 Å². The van der Waals surface area contributed by atoms with Crippen LogP contribution in [0.3, 0.4) is 0 Å². The van der Waals surface area contributed by atoms with Crippen LogP contribution in [-0.4, -0.2) is 37.3 Å². The van der Waals surface area contributed by atoms with Crippen molar-refractivity contribution >= 4 is 28.0 Å². The van der Waals surface area contributed by atoms with Gasteiger partial charge in [0.2, 0.25) is 0 Å². The Hall–Kier alpha value is -3.56. The lowest BCUT2D eigenvalue weighted by molar-refractivity contribution is -0.0497. The number of fused-ring (bicyclic) bond motifs is 2. The van der Waals surface area contributed by atoms with Crippen LogP contribution in [0.2, 0.25) is 0 Å². The second-order valence-electron chi connectivity index (χ2n) is 5.55. The topological polar surface area (TPSA) is 112 Å². The molecule has 0 spiro atoms. The molecule has 3 aromatic heterocycles. The van der Waals surface area contributed by atoms with E-state index < -0.39 is 12.5 Å². The minimum atomic E-state index is -2.93. The number of primary amides is 1. The normalized spacial score (nSPS) is 11.5. The number of benzene rings is 1. The van der Waals surface area contributed by atoms with Gasteiger partial charge in [0.15, 0.2) is 5.65 Å². The molecule has 10 heteroatoms. The van der Waals surface area contributed by atoms with E-state index in [0.29, 0.717) is 33.5 Å². The van der Waals surface area contributed by atoms with Gasteiger partial charge in [-0.05, 0) is 18.2 Å². The molecule has 0 atom stereocenters. The number of rotatable bonds is 4. The highest BCUT2D eigenvalue weighted by atomic mass is 19.3. The van der Waals surface area contributed by atoms with Crippen LogP contribution in [0, 0.1) is 0 Å². The van der Waals surface area contributed by atoms with Gasteiger partial charge < -0.3 is 15.5 Å². The summed E-state index contributed by atoms with van der Waals surface area (Å²) in [5, 5.41) is 4.96.